The Morgan fingerprint density at radius 2 is 1.96 bits per heavy atom. The van der Waals surface area contributed by atoms with Gasteiger partial charge in [0.25, 0.3) is 0 Å². The van der Waals surface area contributed by atoms with Crippen LogP contribution >= 0.6 is 11.6 Å². The summed E-state index contributed by atoms with van der Waals surface area (Å²) in [7, 11) is 0. The summed E-state index contributed by atoms with van der Waals surface area (Å²) in [6, 6.07) is 7.71. The molecule has 2 atom stereocenters. The van der Waals surface area contributed by atoms with Crippen LogP contribution in [0.4, 0.5) is 0 Å². The van der Waals surface area contributed by atoms with E-state index in [9.17, 15) is 0 Å². The van der Waals surface area contributed by atoms with Crippen molar-refractivity contribution in [3.8, 4) is 5.69 Å². The van der Waals surface area contributed by atoms with Gasteiger partial charge in [0.15, 0.2) is 0 Å². The second-order valence-corrected chi connectivity index (χ2v) is 6.90. The van der Waals surface area contributed by atoms with Crippen molar-refractivity contribution in [2.45, 2.75) is 31.6 Å². The smallest absolute Gasteiger partial charge is 0.0963 e. The molecule has 5 nitrogen and oxygen atoms in total. The predicted octanol–water partition coefficient (Wildman–Crippen LogP) is 2.91. The number of ether oxygens (including phenoxy) is 2. The topological polar surface area (TPSA) is 39.5 Å². The first-order valence-corrected chi connectivity index (χ1v) is 8.91. The maximum absolute atomic E-state index is 5.94. The van der Waals surface area contributed by atoms with Crippen LogP contribution in [0, 0.1) is 0 Å². The molecular weight excluding hydrogens is 326 g/mol. The highest BCUT2D eigenvalue weighted by Gasteiger charge is 2.31. The summed E-state index contributed by atoms with van der Waals surface area (Å²) in [5.74, 6) is 0. The van der Waals surface area contributed by atoms with Gasteiger partial charge in [-0.15, -0.1) is 0 Å². The monoisotopic (exact) mass is 347 g/mol. The molecule has 0 N–H and O–H groups in total. The van der Waals surface area contributed by atoms with Gasteiger partial charge in [-0.25, -0.2) is 4.68 Å². The van der Waals surface area contributed by atoms with E-state index in [1.807, 2.05) is 35.1 Å². The first-order chi connectivity index (χ1) is 11.8. The minimum Gasteiger partial charge on any atom is -0.375 e. The summed E-state index contributed by atoms with van der Waals surface area (Å²) in [4.78, 5) is 2.43. The zero-order valence-corrected chi connectivity index (χ0v) is 14.4. The first-order valence-electron chi connectivity index (χ1n) is 8.53. The molecule has 2 saturated heterocycles. The van der Waals surface area contributed by atoms with Crippen molar-refractivity contribution in [1.29, 1.82) is 0 Å². The quantitative estimate of drug-likeness (QED) is 0.852. The van der Waals surface area contributed by atoms with E-state index in [0.717, 1.165) is 56.4 Å². The van der Waals surface area contributed by atoms with Crippen LogP contribution in [0.25, 0.3) is 5.69 Å². The summed E-state index contributed by atoms with van der Waals surface area (Å²) < 4.78 is 13.6. The summed E-state index contributed by atoms with van der Waals surface area (Å²) >= 11 is 5.94. The number of morpholine rings is 1. The Labute approximate surface area is 147 Å². The lowest BCUT2D eigenvalue weighted by Gasteiger charge is -2.35. The zero-order valence-electron chi connectivity index (χ0n) is 13.6. The van der Waals surface area contributed by atoms with Crippen LogP contribution < -0.4 is 0 Å². The number of rotatable bonds is 4. The lowest BCUT2D eigenvalue weighted by Crippen LogP contribution is -2.47. The number of hydrogen-bond acceptors (Lipinski definition) is 4. The fourth-order valence-electron chi connectivity index (χ4n) is 3.43. The number of halogens is 1. The molecule has 0 amide bonds. The molecule has 2 aromatic rings. The number of nitrogens with zero attached hydrogens (tertiary/aromatic N) is 3. The van der Waals surface area contributed by atoms with Gasteiger partial charge in [-0.2, -0.15) is 5.10 Å². The number of hydrogen-bond donors (Lipinski definition) is 0. The molecule has 128 valence electrons. The summed E-state index contributed by atoms with van der Waals surface area (Å²) in [5, 5.41) is 5.20. The second-order valence-electron chi connectivity index (χ2n) is 6.47. The Hall–Kier alpha value is -1.40. The van der Waals surface area contributed by atoms with Crippen LogP contribution in [0.15, 0.2) is 36.7 Å². The Morgan fingerprint density at radius 1 is 1.12 bits per heavy atom. The van der Waals surface area contributed by atoms with Crippen molar-refractivity contribution in [2.24, 2.45) is 0 Å². The number of aromatic nitrogens is 2. The summed E-state index contributed by atoms with van der Waals surface area (Å²) in [6.07, 6.45) is 6.76. The third-order valence-electron chi connectivity index (χ3n) is 4.69. The van der Waals surface area contributed by atoms with Crippen molar-refractivity contribution in [1.82, 2.24) is 14.7 Å². The van der Waals surface area contributed by atoms with Crippen LogP contribution in [0.1, 0.15) is 18.4 Å². The van der Waals surface area contributed by atoms with E-state index in [2.05, 4.69) is 16.2 Å². The molecule has 3 heterocycles. The molecule has 1 aromatic heterocycles. The van der Waals surface area contributed by atoms with Crippen molar-refractivity contribution in [2.75, 3.05) is 26.3 Å². The van der Waals surface area contributed by atoms with Gasteiger partial charge in [0, 0.05) is 43.0 Å². The Balaban J connectivity index is 1.39. The first kappa shape index (κ1) is 16.1. The van der Waals surface area contributed by atoms with Gasteiger partial charge in [-0.05, 0) is 37.1 Å². The molecule has 2 fully saturated rings. The molecule has 0 unspecified atom stereocenters. The van der Waals surface area contributed by atoms with Gasteiger partial charge in [0.1, 0.15) is 0 Å². The Kier molecular flexibility index (Phi) is 4.85. The van der Waals surface area contributed by atoms with Gasteiger partial charge >= 0.3 is 0 Å². The molecule has 0 radical (unpaired) electrons. The van der Waals surface area contributed by atoms with E-state index in [1.165, 1.54) is 5.56 Å². The maximum Gasteiger partial charge on any atom is 0.0963 e. The van der Waals surface area contributed by atoms with E-state index in [0.29, 0.717) is 0 Å². The van der Waals surface area contributed by atoms with E-state index in [1.54, 1.807) is 0 Å². The molecule has 0 saturated carbocycles. The maximum atomic E-state index is 5.94. The Morgan fingerprint density at radius 3 is 2.75 bits per heavy atom. The highest BCUT2D eigenvalue weighted by Crippen LogP contribution is 2.22. The van der Waals surface area contributed by atoms with Crippen LogP contribution in [-0.4, -0.2) is 53.2 Å². The molecule has 6 heteroatoms. The molecule has 0 bridgehead atoms. The van der Waals surface area contributed by atoms with Crippen molar-refractivity contribution in [3.63, 3.8) is 0 Å². The predicted molar refractivity (Wildman–Crippen MR) is 92.6 cm³/mol. The van der Waals surface area contributed by atoms with Crippen molar-refractivity contribution < 1.29 is 9.47 Å². The molecular formula is C18H22ClN3O2. The van der Waals surface area contributed by atoms with Gasteiger partial charge < -0.3 is 9.47 Å². The number of benzene rings is 1. The second kappa shape index (κ2) is 7.23. The van der Waals surface area contributed by atoms with Crippen LogP contribution in [0.2, 0.25) is 5.02 Å². The van der Waals surface area contributed by atoms with E-state index in [-0.39, 0.29) is 12.2 Å². The largest absolute Gasteiger partial charge is 0.375 e. The summed E-state index contributed by atoms with van der Waals surface area (Å²) in [5.41, 5.74) is 2.22. The van der Waals surface area contributed by atoms with Gasteiger partial charge in [-0.3, -0.25) is 4.90 Å². The van der Waals surface area contributed by atoms with Crippen LogP contribution in [0.5, 0.6) is 0 Å². The molecule has 2 aliphatic rings. The summed E-state index contributed by atoms with van der Waals surface area (Å²) in [6.45, 7) is 4.42. The average Bonchev–Trinajstić information content (AvgIpc) is 3.28. The van der Waals surface area contributed by atoms with Gasteiger partial charge in [-0.1, -0.05) is 11.6 Å². The Bertz CT molecular complexity index is 667. The van der Waals surface area contributed by atoms with Gasteiger partial charge in [0.2, 0.25) is 0 Å². The highest BCUT2D eigenvalue weighted by molar-refractivity contribution is 6.30. The van der Waals surface area contributed by atoms with Gasteiger partial charge in [0.05, 0.1) is 30.7 Å². The molecule has 0 aliphatic carbocycles. The minimum atomic E-state index is 0.201. The third-order valence-corrected chi connectivity index (χ3v) is 4.94. The molecule has 4 rings (SSSR count). The fraction of sp³-hybridized carbons (Fsp3) is 0.500. The normalized spacial score (nSPS) is 25.2. The standard InChI is InChI=1S/C18H22ClN3O2/c19-15-3-5-16(6-4-15)22-12-14(10-20-22)11-21-7-9-24-18(13-21)17-2-1-8-23-17/h3-6,10,12,17-18H,1-2,7-9,11,13H2/t17-,18+/m0/s1. The van der Waals surface area contributed by atoms with E-state index >= 15 is 0 Å². The molecule has 2 aliphatic heterocycles. The molecule has 0 spiro atoms. The zero-order chi connectivity index (χ0) is 16.4. The van der Waals surface area contributed by atoms with Crippen LogP contribution in [0.3, 0.4) is 0 Å². The molecule has 1 aromatic carbocycles. The van der Waals surface area contributed by atoms with E-state index in [4.69, 9.17) is 21.1 Å². The lowest BCUT2D eigenvalue weighted by atomic mass is 10.1. The van der Waals surface area contributed by atoms with E-state index < -0.39 is 0 Å². The lowest BCUT2D eigenvalue weighted by molar-refractivity contribution is -0.0959. The molecule has 24 heavy (non-hydrogen) atoms. The minimum absolute atomic E-state index is 0.201. The van der Waals surface area contributed by atoms with Crippen molar-refractivity contribution in [3.05, 3.63) is 47.2 Å². The highest BCUT2D eigenvalue weighted by atomic mass is 35.5. The third kappa shape index (κ3) is 3.64. The SMILES string of the molecule is Clc1ccc(-n2cc(CN3CCO[C@@H]([C@@H]4CCCO4)C3)cn2)cc1. The fourth-order valence-corrected chi connectivity index (χ4v) is 3.56. The average molecular weight is 348 g/mol. The van der Waals surface area contributed by atoms with Crippen LogP contribution in [-0.2, 0) is 16.0 Å². The van der Waals surface area contributed by atoms with Crippen molar-refractivity contribution >= 4 is 11.6 Å².